The van der Waals surface area contributed by atoms with Gasteiger partial charge in [-0.2, -0.15) is 5.26 Å². The molecule has 0 saturated carbocycles. The molecule has 1 unspecified atom stereocenters. The average molecular weight is 216 g/mol. The molecule has 1 aliphatic rings. The van der Waals surface area contributed by atoms with Crippen LogP contribution in [-0.4, -0.2) is 35.6 Å². The van der Waals surface area contributed by atoms with Crippen molar-refractivity contribution in [1.82, 2.24) is 15.2 Å². The number of pyridine rings is 1. The fraction of sp³-hybridized carbons (Fsp3) is 0.500. The maximum atomic E-state index is 8.49. The van der Waals surface area contributed by atoms with E-state index in [1.807, 2.05) is 12.3 Å². The van der Waals surface area contributed by atoms with E-state index in [9.17, 15) is 0 Å². The van der Waals surface area contributed by atoms with Gasteiger partial charge in [0.25, 0.3) is 0 Å². The summed E-state index contributed by atoms with van der Waals surface area (Å²) in [6, 6.07) is 6.66. The van der Waals surface area contributed by atoms with Gasteiger partial charge in [0.2, 0.25) is 0 Å². The monoisotopic (exact) mass is 216 g/mol. The van der Waals surface area contributed by atoms with Gasteiger partial charge in [0.05, 0.1) is 12.6 Å². The van der Waals surface area contributed by atoms with Gasteiger partial charge < -0.3 is 5.32 Å². The molecule has 1 aromatic rings. The molecule has 1 saturated heterocycles. The van der Waals surface area contributed by atoms with Crippen LogP contribution in [0.2, 0.25) is 0 Å². The second kappa shape index (κ2) is 5.59. The Labute approximate surface area is 95.9 Å². The van der Waals surface area contributed by atoms with Crippen molar-refractivity contribution in [1.29, 1.82) is 5.26 Å². The highest BCUT2D eigenvalue weighted by atomic mass is 15.2. The van der Waals surface area contributed by atoms with E-state index in [1.54, 1.807) is 6.20 Å². The Morgan fingerprint density at radius 1 is 1.62 bits per heavy atom. The molecule has 1 atom stereocenters. The Morgan fingerprint density at radius 3 is 3.31 bits per heavy atom. The lowest BCUT2D eigenvalue weighted by molar-refractivity contribution is 0.321. The lowest BCUT2D eigenvalue weighted by Crippen LogP contribution is -2.32. The predicted octanol–water partition coefficient (Wildman–Crippen LogP) is 0.769. The van der Waals surface area contributed by atoms with Crippen molar-refractivity contribution >= 4 is 0 Å². The molecule has 0 radical (unpaired) electrons. The molecule has 1 aromatic heterocycles. The molecule has 16 heavy (non-hydrogen) atoms. The molecular formula is C12H16N4. The fourth-order valence-electron chi connectivity index (χ4n) is 2.08. The third-order valence-corrected chi connectivity index (χ3v) is 2.87. The van der Waals surface area contributed by atoms with Gasteiger partial charge in [-0.25, -0.2) is 0 Å². The number of hydrogen-bond acceptors (Lipinski definition) is 4. The molecule has 4 nitrogen and oxygen atoms in total. The maximum absolute atomic E-state index is 8.49. The summed E-state index contributed by atoms with van der Waals surface area (Å²) in [5.41, 5.74) is 1.25. The molecule has 84 valence electrons. The van der Waals surface area contributed by atoms with E-state index in [4.69, 9.17) is 5.26 Å². The highest BCUT2D eigenvalue weighted by Gasteiger charge is 2.21. The summed E-state index contributed by atoms with van der Waals surface area (Å²) < 4.78 is 0. The van der Waals surface area contributed by atoms with Crippen LogP contribution < -0.4 is 5.32 Å². The molecule has 4 heteroatoms. The second-order valence-corrected chi connectivity index (χ2v) is 4.12. The lowest BCUT2D eigenvalue weighted by Gasteiger charge is -2.15. The van der Waals surface area contributed by atoms with E-state index in [1.165, 1.54) is 5.56 Å². The van der Waals surface area contributed by atoms with Crippen molar-refractivity contribution in [3.63, 3.8) is 0 Å². The zero-order valence-corrected chi connectivity index (χ0v) is 9.26. The molecule has 0 spiro atoms. The second-order valence-electron chi connectivity index (χ2n) is 4.12. The van der Waals surface area contributed by atoms with Gasteiger partial charge in [0.15, 0.2) is 0 Å². The lowest BCUT2D eigenvalue weighted by atomic mass is 10.2. The average Bonchev–Trinajstić information content (AvgIpc) is 2.75. The van der Waals surface area contributed by atoms with E-state index in [2.05, 4.69) is 27.3 Å². The fourth-order valence-corrected chi connectivity index (χ4v) is 2.08. The minimum Gasteiger partial charge on any atom is -0.300 e. The zero-order chi connectivity index (χ0) is 11.2. The Bertz CT molecular complexity index is 357. The van der Waals surface area contributed by atoms with Gasteiger partial charge in [-0.1, -0.05) is 6.07 Å². The molecule has 2 rings (SSSR count). The highest BCUT2D eigenvalue weighted by Crippen LogP contribution is 2.12. The van der Waals surface area contributed by atoms with Crippen LogP contribution in [0, 0.1) is 11.3 Å². The van der Waals surface area contributed by atoms with Crippen molar-refractivity contribution in [3.05, 3.63) is 30.1 Å². The molecule has 1 aliphatic heterocycles. The number of aromatic nitrogens is 1. The third-order valence-electron chi connectivity index (χ3n) is 2.87. The minimum absolute atomic E-state index is 0.450. The van der Waals surface area contributed by atoms with Crippen molar-refractivity contribution in [2.45, 2.75) is 19.0 Å². The van der Waals surface area contributed by atoms with Crippen molar-refractivity contribution in [3.8, 4) is 6.07 Å². The number of likely N-dealkylation sites (tertiary alicyclic amines) is 1. The summed E-state index contributed by atoms with van der Waals surface area (Å²) in [6.45, 7) is 3.53. The summed E-state index contributed by atoms with van der Waals surface area (Å²) in [7, 11) is 0. The van der Waals surface area contributed by atoms with Gasteiger partial charge >= 0.3 is 0 Å². The molecular weight excluding hydrogens is 200 g/mol. The summed E-state index contributed by atoms with van der Waals surface area (Å²) in [5.74, 6) is 0. The van der Waals surface area contributed by atoms with Crippen molar-refractivity contribution in [2.24, 2.45) is 0 Å². The van der Waals surface area contributed by atoms with Gasteiger partial charge in [0.1, 0.15) is 0 Å². The topological polar surface area (TPSA) is 52.0 Å². The Morgan fingerprint density at radius 2 is 2.56 bits per heavy atom. The van der Waals surface area contributed by atoms with Gasteiger partial charge in [0, 0.05) is 38.1 Å². The number of hydrogen-bond donors (Lipinski definition) is 1. The van der Waals surface area contributed by atoms with Crippen LogP contribution in [-0.2, 0) is 6.54 Å². The molecule has 1 fully saturated rings. The van der Waals surface area contributed by atoms with E-state index in [0.29, 0.717) is 12.6 Å². The zero-order valence-electron chi connectivity index (χ0n) is 9.26. The van der Waals surface area contributed by atoms with Crippen LogP contribution in [0.4, 0.5) is 0 Å². The quantitative estimate of drug-likeness (QED) is 0.755. The summed E-state index contributed by atoms with van der Waals surface area (Å²) >= 11 is 0. The molecule has 0 bridgehead atoms. The Kier molecular flexibility index (Phi) is 3.86. The molecule has 0 amide bonds. The van der Waals surface area contributed by atoms with Crippen molar-refractivity contribution in [2.75, 3.05) is 19.6 Å². The molecule has 1 N–H and O–H groups in total. The summed E-state index contributed by atoms with van der Waals surface area (Å²) in [6.07, 6.45) is 4.84. The summed E-state index contributed by atoms with van der Waals surface area (Å²) in [4.78, 5) is 6.50. The largest absolute Gasteiger partial charge is 0.300 e. The summed E-state index contributed by atoms with van der Waals surface area (Å²) in [5, 5.41) is 11.7. The molecule has 0 aliphatic carbocycles. The van der Waals surface area contributed by atoms with Crippen LogP contribution in [0.5, 0.6) is 0 Å². The normalized spacial score (nSPS) is 20.8. The molecule has 0 aromatic carbocycles. The van der Waals surface area contributed by atoms with Crippen LogP contribution in [0.1, 0.15) is 12.0 Å². The maximum Gasteiger partial charge on any atom is 0.0843 e. The highest BCUT2D eigenvalue weighted by molar-refractivity contribution is 5.08. The SMILES string of the molecule is N#CCNC1CCN(Cc2cccnc2)C1. The van der Waals surface area contributed by atoms with E-state index < -0.39 is 0 Å². The minimum atomic E-state index is 0.450. The number of nitriles is 1. The van der Waals surface area contributed by atoms with Gasteiger partial charge in [-0.3, -0.25) is 9.88 Å². The van der Waals surface area contributed by atoms with Crippen LogP contribution in [0.15, 0.2) is 24.5 Å². The number of nitrogens with one attached hydrogen (secondary N) is 1. The Hall–Kier alpha value is -1.44. The molecule has 2 heterocycles. The van der Waals surface area contributed by atoms with E-state index in [-0.39, 0.29) is 0 Å². The van der Waals surface area contributed by atoms with Crippen LogP contribution in [0.3, 0.4) is 0 Å². The standard InChI is InChI=1S/C12H16N4/c13-4-6-15-12-3-7-16(10-12)9-11-2-1-5-14-8-11/h1-2,5,8,12,15H,3,6-7,9-10H2. The van der Waals surface area contributed by atoms with E-state index in [0.717, 1.165) is 26.1 Å². The first kappa shape index (κ1) is 11.1. The Balaban J connectivity index is 1.79. The number of nitrogens with zero attached hydrogens (tertiary/aromatic N) is 3. The van der Waals surface area contributed by atoms with Crippen LogP contribution in [0.25, 0.3) is 0 Å². The first-order chi connectivity index (χ1) is 7.88. The van der Waals surface area contributed by atoms with Crippen molar-refractivity contribution < 1.29 is 0 Å². The first-order valence-corrected chi connectivity index (χ1v) is 5.60. The first-order valence-electron chi connectivity index (χ1n) is 5.60. The van der Waals surface area contributed by atoms with E-state index >= 15 is 0 Å². The van der Waals surface area contributed by atoms with Gasteiger partial charge in [-0.05, 0) is 18.1 Å². The van der Waals surface area contributed by atoms with Gasteiger partial charge in [-0.15, -0.1) is 0 Å². The number of rotatable bonds is 4. The smallest absolute Gasteiger partial charge is 0.0843 e. The van der Waals surface area contributed by atoms with Crippen LogP contribution >= 0.6 is 0 Å². The predicted molar refractivity (Wildman–Crippen MR) is 61.5 cm³/mol. The third kappa shape index (κ3) is 3.02.